The lowest BCUT2D eigenvalue weighted by Crippen LogP contribution is -2.07. The Hall–Kier alpha value is -4.50. The molecule has 0 saturated carbocycles. The summed E-state index contributed by atoms with van der Waals surface area (Å²) in [6.45, 7) is 8.09. The Kier molecular flexibility index (Phi) is 21.6. The first-order chi connectivity index (χ1) is 24.6. The zero-order chi connectivity index (χ0) is 39.1. The molecular weight excluding hydrogens is 696 g/mol. The zero-order valence-corrected chi connectivity index (χ0v) is 31.4. The molecule has 3 aromatic rings. The number of carbonyl (C=O) groups excluding carboxylic acids is 3. The molecule has 0 heterocycles. The standard InChI is InChI=1S/C13H18O6S.C13H18O3.C12H16O4/c1-10(15)11-7-12(18-6-4-3-5-14)9-13(8-11)19-20(2,16)17;1-10-7-12(11(2)15)9-13(8-10)16-6-4-3-5-14;1-9(14)10-6-11(15)8-12(7-10)16-5-3-2-4-13/h7-9,14H,3-6H2,1-2H3;7-9,14H,3-6H2,1-2H3;6-8,13,15H,2-5H2,1H3. The SMILES string of the molecule is CC(=O)c1cc(C)cc(OCCCCO)c1.CC(=O)c1cc(O)cc(OCCCCO)c1.CC(=O)c1cc(OCCCCO)cc(OS(C)(=O)=O)c1. The number of aryl methyl sites for hydroxylation is 1. The van der Waals surface area contributed by atoms with Crippen LogP contribution in [0.25, 0.3) is 0 Å². The van der Waals surface area contributed by atoms with Crippen LogP contribution in [0.3, 0.4) is 0 Å². The maximum Gasteiger partial charge on any atom is 0.306 e. The van der Waals surface area contributed by atoms with E-state index in [1.807, 2.05) is 19.1 Å². The summed E-state index contributed by atoms with van der Waals surface area (Å²) < 4.78 is 43.3. The lowest BCUT2D eigenvalue weighted by Gasteiger charge is -2.10. The van der Waals surface area contributed by atoms with Crippen LogP contribution >= 0.6 is 0 Å². The first kappa shape index (κ1) is 45.5. The smallest absolute Gasteiger partial charge is 0.306 e. The number of ketones is 3. The number of benzene rings is 3. The fraction of sp³-hybridized carbons (Fsp3) is 0.447. The number of phenolic OH excluding ortho intramolecular Hbond substituents is 1. The Morgan fingerprint density at radius 1 is 0.538 bits per heavy atom. The van der Waals surface area contributed by atoms with Crippen LogP contribution < -0.4 is 18.4 Å². The second-order valence-corrected chi connectivity index (χ2v) is 13.3. The van der Waals surface area contributed by atoms with E-state index in [9.17, 15) is 27.9 Å². The van der Waals surface area contributed by atoms with Crippen LogP contribution in [-0.4, -0.2) is 92.1 Å². The van der Waals surface area contributed by atoms with Gasteiger partial charge in [-0.25, -0.2) is 0 Å². The van der Waals surface area contributed by atoms with Gasteiger partial charge in [-0.1, -0.05) is 0 Å². The zero-order valence-electron chi connectivity index (χ0n) is 30.6. The van der Waals surface area contributed by atoms with Gasteiger partial charge in [-0.05, 0) is 114 Å². The summed E-state index contributed by atoms with van der Waals surface area (Å²) in [6.07, 6.45) is 5.17. The van der Waals surface area contributed by atoms with Crippen molar-refractivity contribution >= 4 is 27.5 Å². The summed E-state index contributed by atoms with van der Waals surface area (Å²) in [5.74, 6) is 1.33. The highest BCUT2D eigenvalue weighted by atomic mass is 32.2. The number of unbranched alkanes of at least 4 members (excludes halogenated alkanes) is 3. The molecule has 14 heteroatoms. The van der Waals surface area contributed by atoms with E-state index in [4.69, 9.17) is 33.7 Å². The second kappa shape index (κ2) is 24.6. The van der Waals surface area contributed by atoms with Gasteiger partial charge in [0.25, 0.3) is 0 Å². The minimum absolute atomic E-state index is 0.0184. The van der Waals surface area contributed by atoms with Gasteiger partial charge >= 0.3 is 10.1 Å². The van der Waals surface area contributed by atoms with Gasteiger partial charge in [0.15, 0.2) is 17.3 Å². The highest BCUT2D eigenvalue weighted by Gasteiger charge is 2.11. The number of hydrogen-bond acceptors (Lipinski definition) is 13. The molecule has 13 nitrogen and oxygen atoms in total. The normalized spacial score (nSPS) is 10.5. The Labute approximate surface area is 306 Å². The molecule has 3 rings (SSSR count). The van der Waals surface area contributed by atoms with Crippen molar-refractivity contribution in [1.82, 2.24) is 0 Å². The van der Waals surface area contributed by atoms with E-state index < -0.39 is 10.1 Å². The molecule has 0 atom stereocenters. The number of aliphatic hydroxyl groups is 3. The summed E-state index contributed by atoms with van der Waals surface area (Å²) in [5, 5.41) is 35.2. The van der Waals surface area contributed by atoms with E-state index in [1.54, 1.807) is 19.1 Å². The van der Waals surface area contributed by atoms with E-state index in [0.29, 0.717) is 67.3 Å². The molecule has 0 radical (unpaired) electrons. The first-order valence-corrected chi connectivity index (χ1v) is 18.6. The van der Waals surface area contributed by atoms with Crippen LogP contribution in [-0.2, 0) is 10.1 Å². The number of hydrogen-bond donors (Lipinski definition) is 4. The third-order valence-corrected chi connectivity index (χ3v) is 7.25. The molecule has 0 amide bonds. The molecule has 0 saturated heterocycles. The van der Waals surface area contributed by atoms with E-state index >= 15 is 0 Å². The average Bonchev–Trinajstić information content (AvgIpc) is 3.06. The third-order valence-electron chi connectivity index (χ3n) is 6.75. The van der Waals surface area contributed by atoms with Crippen LogP contribution in [0.4, 0.5) is 0 Å². The van der Waals surface area contributed by atoms with Crippen molar-refractivity contribution in [2.45, 2.75) is 66.2 Å². The van der Waals surface area contributed by atoms with Crippen molar-refractivity contribution < 1.29 is 61.6 Å². The molecule has 52 heavy (non-hydrogen) atoms. The Bertz CT molecular complexity index is 1600. The molecule has 3 aromatic carbocycles. The first-order valence-electron chi connectivity index (χ1n) is 16.8. The molecule has 0 aliphatic heterocycles. The molecule has 0 unspecified atom stereocenters. The summed E-state index contributed by atoms with van der Waals surface area (Å²) in [6, 6.07) is 14.3. The maximum atomic E-state index is 11.4. The van der Waals surface area contributed by atoms with E-state index in [2.05, 4.69) is 0 Å². The van der Waals surface area contributed by atoms with Crippen molar-refractivity contribution in [3.05, 3.63) is 76.9 Å². The van der Waals surface area contributed by atoms with Gasteiger partial charge in [-0.3, -0.25) is 14.4 Å². The van der Waals surface area contributed by atoms with Gasteiger partial charge < -0.3 is 38.8 Å². The quantitative estimate of drug-likeness (QED) is 0.0644. The van der Waals surface area contributed by atoms with Crippen LogP contribution in [0.1, 0.15) is 95.9 Å². The molecule has 4 N–H and O–H groups in total. The fourth-order valence-electron chi connectivity index (χ4n) is 4.20. The monoisotopic (exact) mass is 748 g/mol. The molecule has 0 aliphatic carbocycles. The summed E-state index contributed by atoms with van der Waals surface area (Å²) in [7, 11) is -3.67. The average molecular weight is 749 g/mol. The molecule has 0 bridgehead atoms. The molecule has 0 fully saturated rings. The van der Waals surface area contributed by atoms with Gasteiger partial charge in [0.1, 0.15) is 28.7 Å². The van der Waals surface area contributed by atoms with Gasteiger partial charge in [-0.15, -0.1) is 0 Å². The molecule has 0 spiro atoms. The van der Waals surface area contributed by atoms with Gasteiger partial charge in [0.2, 0.25) is 0 Å². The minimum Gasteiger partial charge on any atom is -0.508 e. The van der Waals surface area contributed by atoms with E-state index in [-0.39, 0.29) is 48.7 Å². The Morgan fingerprint density at radius 2 is 0.904 bits per heavy atom. The Morgan fingerprint density at radius 3 is 1.31 bits per heavy atom. The minimum atomic E-state index is -3.67. The predicted octanol–water partition coefficient (Wildman–Crippen LogP) is 5.47. The van der Waals surface area contributed by atoms with Crippen molar-refractivity contribution in [3.63, 3.8) is 0 Å². The summed E-state index contributed by atoms with van der Waals surface area (Å²) in [5.41, 5.74) is 2.43. The predicted molar refractivity (Wildman–Crippen MR) is 197 cm³/mol. The number of rotatable bonds is 20. The summed E-state index contributed by atoms with van der Waals surface area (Å²) in [4.78, 5) is 33.8. The van der Waals surface area contributed by atoms with Crippen LogP contribution in [0, 0.1) is 6.92 Å². The number of Topliss-reactive ketones (excluding diaryl/α,β-unsaturated/α-hetero) is 3. The topological polar surface area (TPSA) is 203 Å². The van der Waals surface area contributed by atoms with E-state index in [0.717, 1.165) is 36.8 Å². The molecule has 0 aromatic heterocycles. The van der Waals surface area contributed by atoms with Crippen molar-refractivity contribution in [3.8, 4) is 28.7 Å². The van der Waals surface area contributed by atoms with Crippen LogP contribution in [0.5, 0.6) is 28.7 Å². The second-order valence-electron chi connectivity index (χ2n) is 11.7. The Balaban J connectivity index is 0.000000394. The van der Waals surface area contributed by atoms with Crippen molar-refractivity contribution in [1.29, 1.82) is 0 Å². The summed E-state index contributed by atoms with van der Waals surface area (Å²) >= 11 is 0. The van der Waals surface area contributed by atoms with Crippen LogP contribution in [0.2, 0.25) is 0 Å². The maximum absolute atomic E-state index is 11.4. The highest BCUT2D eigenvalue weighted by molar-refractivity contribution is 7.86. The van der Waals surface area contributed by atoms with Crippen molar-refractivity contribution in [2.75, 3.05) is 45.9 Å². The van der Waals surface area contributed by atoms with Gasteiger partial charge in [-0.2, -0.15) is 8.42 Å². The lowest BCUT2D eigenvalue weighted by molar-refractivity contribution is 0.100. The number of ether oxygens (including phenoxy) is 3. The number of aliphatic hydroxyl groups excluding tert-OH is 3. The van der Waals surface area contributed by atoms with Crippen LogP contribution in [0.15, 0.2) is 54.6 Å². The highest BCUT2D eigenvalue weighted by Crippen LogP contribution is 2.25. The number of carbonyl (C=O) groups is 3. The number of phenols is 1. The fourth-order valence-corrected chi connectivity index (χ4v) is 4.64. The van der Waals surface area contributed by atoms with E-state index in [1.165, 1.54) is 44.2 Å². The number of aromatic hydroxyl groups is 1. The lowest BCUT2D eigenvalue weighted by atomic mass is 10.1. The molecule has 0 aliphatic rings. The third kappa shape index (κ3) is 20.4. The molecule has 288 valence electrons. The van der Waals surface area contributed by atoms with Gasteiger partial charge in [0, 0.05) is 48.6 Å². The largest absolute Gasteiger partial charge is 0.508 e. The van der Waals surface area contributed by atoms with Gasteiger partial charge in [0.05, 0.1) is 26.1 Å². The van der Waals surface area contributed by atoms with Crippen molar-refractivity contribution in [2.24, 2.45) is 0 Å². The molecular formula is C38H52O13S.